The topological polar surface area (TPSA) is 20.3 Å². The average Bonchev–Trinajstić information content (AvgIpc) is 2.03. The third-order valence-electron chi connectivity index (χ3n) is 1.91. The molecule has 2 saturated heterocycles. The van der Waals surface area contributed by atoms with E-state index in [2.05, 4.69) is 22.6 Å². The van der Waals surface area contributed by atoms with Crippen molar-refractivity contribution >= 4 is 40.3 Å². The number of thioether (sulfide) groups is 1. The Balaban J connectivity index is 2.06. The van der Waals surface area contributed by atoms with Gasteiger partial charge in [-0.1, -0.05) is 22.6 Å². The van der Waals surface area contributed by atoms with Crippen molar-refractivity contribution in [2.45, 2.75) is 15.7 Å². The molecule has 2 atom stereocenters. The maximum absolute atomic E-state index is 11.1. The predicted octanol–water partition coefficient (Wildman–Crippen LogP) is 1.10. The number of carbonyl (C=O) groups is 1. The summed E-state index contributed by atoms with van der Waals surface area (Å²) in [6, 6.07) is 0. The lowest BCUT2D eigenvalue weighted by atomic mass is 10.2. The molecule has 0 aromatic rings. The highest BCUT2D eigenvalue weighted by atomic mass is 127. The highest BCUT2D eigenvalue weighted by molar-refractivity contribution is 14.1. The normalized spacial score (nSPS) is 38.9. The van der Waals surface area contributed by atoms with Crippen LogP contribution < -0.4 is 0 Å². The monoisotopic (exact) mass is 269 g/mol. The molecule has 2 aliphatic heterocycles. The first kappa shape index (κ1) is 7.21. The van der Waals surface area contributed by atoms with Crippen LogP contribution in [0.4, 0.5) is 0 Å². The van der Waals surface area contributed by atoms with Crippen molar-refractivity contribution in [2.75, 3.05) is 12.3 Å². The van der Waals surface area contributed by atoms with Crippen LogP contribution in [-0.2, 0) is 4.79 Å². The molecule has 1 unspecified atom stereocenters. The number of alkyl halides is 1. The third-order valence-corrected chi connectivity index (χ3v) is 5.00. The lowest BCUT2D eigenvalue weighted by Gasteiger charge is -2.46. The molecule has 0 aromatic heterocycles. The van der Waals surface area contributed by atoms with Crippen molar-refractivity contribution in [3.63, 3.8) is 0 Å². The van der Waals surface area contributed by atoms with Gasteiger partial charge in [-0.3, -0.25) is 4.79 Å². The number of β-lactam (4-membered cyclic amide) rings is 1. The van der Waals surface area contributed by atoms with Crippen molar-refractivity contribution in [1.29, 1.82) is 0 Å². The number of carbonyl (C=O) groups excluding carboxylic acids is 1. The van der Waals surface area contributed by atoms with Gasteiger partial charge in [0.25, 0.3) is 0 Å². The summed E-state index contributed by atoms with van der Waals surface area (Å²) in [5.74, 6) is 1.58. The quantitative estimate of drug-likeness (QED) is 0.373. The number of nitrogens with zero attached hydrogens (tertiary/aromatic N) is 1. The van der Waals surface area contributed by atoms with Crippen LogP contribution in [0.25, 0.3) is 0 Å². The lowest BCUT2D eigenvalue weighted by molar-refractivity contribution is -0.139. The number of fused-ring (bicyclic) bond motifs is 1. The van der Waals surface area contributed by atoms with Crippen molar-refractivity contribution in [3.05, 3.63) is 0 Å². The number of amides is 1. The number of hydrogen-bond donors (Lipinski definition) is 0. The molecule has 10 heavy (non-hydrogen) atoms. The Bertz CT molecular complexity index is 175. The fourth-order valence-electron chi connectivity index (χ4n) is 1.33. The lowest BCUT2D eigenvalue weighted by Crippen LogP contribution is -2.62. The molecule has 2 heterocycles. The molecule has 0 spiro atoms. The van der Waals surface area contributed by atoms with Crippen molar-refractivity contribution < 1.29 is 4.79 Å². The van der Waals surface area contributed by atoms with Gasteiger partial charge in [-0.15, -0.1) is 11.8 Å². The van der Waals surface area contributed by atoms with Crippen LogP contribution in [0.15, 0.2) is 0 Å². The summed E-state index contributed by atoms with van der Waals surface area (Å²) in [5, 5.41) is 0.516. The van der Waals surface area contributed by atoms with Crippen LogP contribution in [0.1, 0.15) is 6.42 Å². The molecule has 2 rings (SSSR count). The maximum Gasteiger partial charge on any atom is 0.239 e. The molecule has 0 radical (unpaired) electrons. The van der Waals surface area contributed by atoms with E-state index in [4.69, 9.17) is 0 Å². The van der Waals surface area contributed by atoms with E-state index in [1.54, 1.807) is 0 Å². The largest absolute Gasteiger partial charge is 0.328 e. The van der Waals surface area contributed by atoms with E-state index in [1.165, 1.54) is 12.2 Å². The van der Waals surface area contributed by atoms with E-state index in [0.29, 0.717) is 11.3 Å². The molecule has 1 amide bonds. The minimum absolute atomic E-state index is 0.267. The highest BCUT2D eigenvalue weighted by Crippen LogP contribution is 2.38. The predicted molar refractivity (Wildman–Crippen MR) is 50.4 cm³/mol. The Morgan fingerprint density at radius 2 is 2.50 bits per heavy atom. The highest BCUT2D eigenvalue weighted by Gasteiger charge is 2.46. The fraction of sp³-hybridized carbons (Fsp3) is 0.833. The van der Waals surface area contributed by atoms with Gasteiger partial charge >= 0.3 is 0 Å². The van der Waals surface area contributed by atoms with Gasteiger partial charge in [-0.05, 0) is 12.2 Å². The van der Waals surface area contributed by atoms with Gasteiger partial charge in [-0.25, -0.2) is 0 Å². The van der Waals surface area contributed by atoms with Crippen LogP contribution in [0.2, 0.25) is 0 Å². The summed E-state index contributed by atoms with van der Waals surface area (Å²) in [4.78, 5) is 13.1. The second kappa shape index (κ2) is 2.55. The summed E-state index contributed by atoms with van der Waals surface area (Å²) in [5.41, 5.74) is 0. The second-order valence-electron chi connectivity index (χ2n) is 2.55. The van der Waals surface area contributed by atoms with Gasteiger partial charge in [0.1, 0.15) is 3.92 Å². The molecule has 0 bridgehead atoms. The average molecular weight is 269 g/mol. The van der Waals surface area contributed by atoms with Crippen LogP contribution in [-0.4, -0.2) is 32.4 Å². The first-order chi connectivity index (χ1) is 4.80. The zero-order chi connectivity index (χ0) is 7.14. The van der Waals surface area contributed by atoms with Crippen LogP contribution in [0, 0.1) is 0 Å². The Morgan fingerprint density at radius 1 is 1.70 bits per heavy atom. The number of halogens is 1. The summed E-state index contributed by atoms with van der Waals surface area (Å²) in [6.07, 6.45) is 1.18. The molecule has 2 nitrogen and oxygen atoms in total. The fourth-order valence-corrected chi connectivity index (χ4v) is 3.91. The van der Waals surface area contributed by atoms with Gasteiger partial charge < -0.3 is 4.90 Å². The molecular weight excluding hydrogens is 261 g/mol. The first-order valence-electron chi connectivity index (χ1n) is 3.37. The number of rotatable bonds is 0. The summed E-state index contributed by atoms with van der Waals surface area (Å²) < 4.78 is 0.267. The van der Waals surface area contributed by atoms with Gasteiger partial charge in [0.05, 0.1) is 5.37 Å². The molecular formula is C6H8INOS. The van der Waals surface area contributed by atoms with Gasteiger partial charge in [0.2, 0.25) is 5.91 Å². The zero-order valence-corrected chi connectivity index (χ0v) is 8.39. The molecule has 0 aliphatic carbocycles. The van der Waals surface area contributed by atoms with Gasteiger partial charge in [0, 0.05) is 6.54 Å². The smallest absolute Gasteiger partial charge is 0.239 e. The Morgan fingerprint density at radius 3 is 3.20 bits per heavy atom. The first-order valence-corrected chi connectivity index (χ1v) is 5.66. The Labute approximate surface area is 77.9 Å². The number of hydrogen-bond acceptors (Lipinski definition) is 2. The zero-order valence-electron chi connectivity index (χ0n) is 5.42. The Hall–Kier alpha value is 0.550. The molecule has 56 valence electrons. The van der Waals surface area contributed by atoms with E-state index in [-0.39, 0.29) is 3.92 Å². The minimum atomic E-state index is 0.267. The molecule has 0 saturated carbocycles. The van der Waals surface area contributed by atoms with Gasteiger partial charge in [-0.2, -0.15) is 0 Å². The summed E-state index contributed by atoms with van der Waals surface area (Å²) in [7, 11) is 0. The van der Waals surface area contributed by atoms with E-state index in [9.17, 15) is 4.79 Å². The minimum Gasteiger partial charge on any atom is -0.328 e. The van der Waals surface area contributed by atoms with Crippen molar-refractivity contribution in [3.8, 4) is 0 Å². The summed E-state index contributed by atoms with van der Waals surface area (Å²) in [6.45, 7) is 0.996. The Kier molecular flexibility index (Phi) is 1.84. The SMILES string of the molecule is O=C1C(I)[C@@H]2SCCCN12. The molecule has 2 fully saturated rings. The standard InChI is InChI=1S/C6H8INOS/c7-4-5(9)8-2-1-3-10-6(4)8/h4,6H,1-3H2/t4?,6-/m0/s1. The van der Waals surface area contributed by atoms with E-state index < -0.39 is 0 Å². The molecule has 2 aliphatic rings. The molecule has 0 N–H and O–H groups in total. The van der Waals surface area contributed by atoms with Crippen LogP contribution in [0.3, 0.4) is 0 Å². The van der Waals surface area contributed by atoms with Crippen molar-refractivity contribution in [1.82, 2.24) is 4.90 Å². The van der Waals surface area contributed by atoms with Crippen LogP contribution in [0.5, 0.6) is 0 Å². The second-order valence-corrected chi connectivity index (χ2v) is 5.11. The van der Waals surface area contributed by atoms with Crippen molar-refractivity contribution in [2.24, 2.45) is 0 Å². The molecule has 4 heteroatoms. The summed E-state index contributed by atoms with van der Waals surface area (Å²) >= 11 is 4.16. The molecule has 0 aromatic carbocycles. The third kappa shape index (κ3) is 0.879. The van der Waals surface area contributed by atoms with Crippen LogP contribution >= 0.6 is 34.4 Å². The maximum atomic E-state index is 11.1. The van der Waals surface area contributed by atoms with Gasteiger partial charge in [0.15, 0.2) is 0 Å². The van der Waals surface area contributed by atoms with E-state index in [0.717, 1.165) is 6.54 Å². The van der Waals surface area contributed by atoms with E-state index >= 15 is 0 Å². The van der Waals surface area contributed by atoms with E-state index in [1.807, 2.05) is 16.7 Å².